The first-order valence-electron chi connectivity index (χ1n) is 4.79. The summed E-state index contributed by atoms with van der Waals surface area (Å²) in [7, 11) is 2.31. The average Bonchev–Trinajstić information content (AvgIpc) is 2.21. The van der Waals surface area contributed by atoms with Crippen molar-refractivity contribution in [2.75, 3.05) is 27.5 Å². The minimum absolute atomic E-state index is 0.502. The molecule has 0 atom stereocenters. The van der Waals surface area contributed by atoms with Gasteiger partial charge < -0.3 is 13.3 Å². The lowest BCUT2D eigenvalue weighted by Gasteiger charge is -2.22. The highest BCUT2D eigenvalue weighted by Gasteiger charge is 2.37. The van der Waals surface area contributed by atoms with Gasteiger partial charge in [0.1, 0.15) is 6.17 Å². The van der Waals surface area contributed by atoms with Crippen LogP contribution in [-0.2, 0) is 13.3 Å². The van der Waals surface area contributed by atoms with Crippen molar-refractivity contribution in [3.05, 3.63) is 0 Å². The molecule has 0 aliphatic heterocycles. The Hall–Kier alpha value is -0.233. The molecule has 0 radical (unpaired) electrons. The van der Waals surface area contributed by atoms with E-state index in [1.165, 1.54) is 0 Å². The van der Waals surface area contributed by atoms with E-state index in [4.69, 9.17) is 13.3 Å². The first-order valence-corrected chi connectivity index (χ1v) is 6.72. The molecule has 5 heteroatoms. The lowest BCUT2D eigenvalue weighted by atomic mass is 10.2. The Morgan fingerprint density at radius 3 is 2.00 bits per heavy atom. The SMILES string of the molecule is CCC/C(C)=N/C[Si](OC)(OC)OC. The molecule has 0 N–H and O–H groups in total. The van der Waals surface area contributed by atoms with Gasteiger partial charge in [-0.1, -0.05) is 13.3 Å². The number of rotatable bonds is 7. The molecule has 14 heavy (non-hydrogen) atoms. The monoisotopic (exact) mass is 219 g/mol. The number of aliphatic imine (C=N–C) groups is 1. The van der Waals surface area contributed by atoms with E-state index in [0.717, 1.165) is 18.6 Å². The van der Waals surface area contributed by atoms with Crippen molar-refractivity contribution in [2.45, 2.75) is 26.7 Å². The molecule has 0 saturated carbocycles. The smallest absolute Gasteiger partial charge is 0.376 e. The highest BCUT2D eigenvalue weighted by molar-refractivity contribution is 6.61. The van der Waals surface area contributed by atoms with E-state index in [0.29, 0.717) is 6.17 Å². The van der Waals surface area contributed by atoms with Gasteiger partial charge in [-0.05, 0) is 13.3 Å². The van der Waals surface area contributed by atoms with E-state index in [2.05, 4.69) is 11.9 Å². The van der Waals surface area contributed by atoms with Crippen LogP contribution in [0.2, 0.25) is 0 Å². The highest BCUT2D eigenvalue weighted by atomic mass is 28.4. The van der Waals surface area contributed by atoms with Gasteiger partial charge in [0.15, 0.2) is 0 Å². The third-order valence-corrected chi connectivity index (χ3v) is 4.50. The Bertz CT molecular complexity index is 173. The molecule has 0 aliphatic rings. The van der Waals surface area contributed by atoms with Crippen LogP contribution in [0.1, 0.15) is 26.7 Å². The molecule has 0 bridgehead atoms. The van der Waals surface area contributed by atoms with Crippen LogP contribution in [0.3, 0.4) is 0 Å². The molecule has 0 spiro atoms. The third kappa shape index (κ3) is 4.32. The van der Waals surface area contributed by atoms with Gasteiger partial charge >= 0.3 is 8.80 Å². The van der Waals surface area contributed by atoms with Gasteiger partial charge in [0.2, 0.25) is 0 Å². The van der Waals surface area contributed by atoms with Crippen molar-refractivity contribution in [3.63, 3.8) is 0 Å². The Labute approximate surface area is 87.6 Å². The molecular formula is C9H21NO3Si. The van der Waals surface area contributed by atoms with Gasteiger partial charge in [-0.25, -0.2) is 0 Å². The predicted molar refractivity (Wildman–Crippen MR) is 59.7 cm³/mol. The lowest BCUT2D eigenvalue weighted by molar-refractivity contribution is 0.125. The van der Waals surface area contributed by atoms with Crippen LogP contribution >= 0.6 is 0 Å². The van der Waals surface area contributed by atoms with Crippen molar-refractivity contribution in [2.24, 2.45) is 4.99 Å². The normalized spacial score (nSPS) is 13.4. The summed E-state index contributed by atoms with van der Waals surface area (Å²) in [5, 5.41) is 0. The van der Waals surface area contributed by atoms with Crippen molar-refractivity contribution in [1.82, 2.24) is 0 Å². The second-order valence-corrected chi connectivity index (χ2v) is 6.00. The Balaban J connectivity index is 4.23. The maximum atomic E-state index is 5.25. The zero-order valence-electron chi connectivity index (χ0n) is 9.79. The maximum Gasteiger partial charge on any atom is 0.522 e. The predicted octanol–water partition coefficient (Wildman–Crippen LogP) is 1.66. The highest BCUT2D eigenvalue weighted by Crippen LogP contribution is 2.06. The topological polar surface area (TPSA) is 40.0 Å². The summed E-state index contributed by atoms with van der Waals surface area (Å²) in [6.45, 7) is 4.15. The second kappa shape index (κ2) is 7.11. The molecule has 0 heterocycles. The van der Waals surface area contributed by atoms with E-state index < -0.39 is 8.80 Å². The lowest BCUT2D eigenvalue weighted by Crippen LogP contribution is -2.46. The van der Waals surface area contributed by atoms with Crippen LogP contribution in [0.4, 0.5) is 0 Å². The molecule has 0 aromatic carbocycles. The largest absolute Gasteiger partial charge is 0.522 e. The third-order valence-electron chi connectivity index (χ3n) is 2.09. The first-order chi connectivity index (χ1) is 6.64. The van der Waals surface area contributed by atoms with E-state index in [9.17, 15) is 0 Å². The molecule has 0 aromatic heterocycles. The fourth-order valence-electron chi connectivity index (χ4n) is 1.12. The van der Waals surface area contributed by atoms with Crippen molar-refractivity contribution < 1.29 is 13.3 Å². The van der Waals surface area contributed by atoms with E-state index in [1.54, 1.807) is 21.3 Å². The van der Waals surface area contributed by atoms with Crippen LogP contribution < -0.4 is 0 Å². The quantitative estimate of drug-likeness (QED) is 0.483. The van der Waals surface area contributed by atoms with Crippen molar-refractivity contribution >= 4 is 14.5 Å². The summed E-state index contributed by atoms with van der Waals surface area (Å²) >= 11 is 0. The summed E-state index contributed by atoms with van der Waals surface area (Å²) < 4.78 is 15.8. The Kier molecular flexibility index (Phi) is 6.99. The van der Waals surface area contributed by atoms with Gasteiger partial charge in [-0.15, -0.1) is 0 Å². The fourth-order valence-corrected chi connectivity index (χ4v) is 2.47. The van der Waals surface area contributed by atoms with Crippen LogP contribution in [0.5, 0.6) is 0 Å². The van der Waals surface area contributed by atoms with E-state index >= 15 is 0 Å². The molecule has 4 nitrogen and oxygen atoms in total. The van der Waals surface area contributed by atoms with Crippen molar-refractivity contribution in [1.29, 1.82) is 0 Å². The minimum atomic E-state index is -2.50. The van der Waals surface area contributed by atoms with Gasteiger partial charge in [-0.3, -0.25) is 4.99 Å². The van der Waals surface area contributed by atoms with Gasteiger partial charge in [0.25, 0.3) is 0 Å². The summed E-state index contributed by atoms with van der Waals surface area (Å²) in [6.07, 6.45) is 2.63. The van der Waals surface area contributed by atoms with E-state index in [1.807, 2.05) is 6.92 Å². The molecule has 0 aliphatic carbocycles. The average molecular weight is 219 g/mol. The number of nitrogens with zero attached hydrogens (tertiary/aromatic N) is 1. The maximum absolute atomic E-state index is 5.25. The molecule has 84 valence electrons. The molecule has 0 saturated heterocycles. The van der Waals surface area contributed by atoms with Crippen LogP contribution in [0.25, 0.3) is 0 Å². The second-order valence-electron chi connectivity index (χ2n) is 3.10. The zero-order valence-corrected chi connectivity index (χ0v) is 10.8. The molecule has 0 fully saturated rings. The van der Waals surface area contributed by atoms with Gasteiger partial charge in [-0.2, -0.15) is 0 Å². The minimum Gasteiger partial charge on any atom is -0.376 e. The first kappa shape index (κ1) is 13.8. The van der Waals surface area contributed by atoms with Crippen LogP contribution in [0, 0.1) is 0 Å². The standard InChI is InChI=1S/C9H21NO3Si/c1-6-7-9(2)10-8-14(11-3,12-4)13-5/h6-8H2,1-5H3/b10-9+. The van der Waals surface area contributed by atoms with Crippen LogP contribution in [0.15, 0.2) is 4.99 Å². The molecule has 0 rings (SSSR count). The van der Waals surface area contributed by atoms with Crippen LogP contribution in [-0.4, -0.2) is 42.0 Å². The zero-order chi connectivity index (χ0) is 11.0. The summed E-state index contributed by atoms with van der Waals surface area (Å²) in [4.78, 5) is 4.40. The van der Waals surface area contributed by atoms with Crippen molar-refractivity contribution in [3.8, 4) is 0 Å². The number of hydrogen-bond acceptors (Lipinski definition) is 4. The Morgan fingerprint density at radius 1 is 1.14 bits per heavy atom. The molecule has 0 aromatic rings. The summed E-state index contributed by atoms with van der Waals surface area (Å²) in [5.74, 6) is 0. The van der Waals surface area contributed by atoms with Gasteiger partial charge in [0.05, 0.1) is 0 Å². The van der Waals surface area contributed by atoms with E-state index in [-0.39, 0.29) is 0 Å². The molecular weight excluding hydrogens is 198 g/mol. The number of hydrogen-bond donors (Lipinski definition) is 0. The Morgan fingerprint density at radius 2 is 1.64 bits per heavy atom. The summed E-state index contributed by atoms with van der Waals surface area (Å²) in [5.41, 5.74) is 1.12. The fraction of sp³-hybridized carbons (Fsp3) is 0.889. The van der Waals surface area contributed by atoms with Gasteiger partial charge in [0, 0.05) is 27.0 Å². The molecule has 0 amide bonds. The molecule has 0 unspecified atom stereocenters. The summed E-state index contributed by atoms with van der Waals surface area (Å²) in [6, 6.07) is 0.